The summed E-state index contributed by atoms with van der Waals surface area (Å²) in [6, 6.07) is 16.2. The quantitative estimate of drug-likeness (QED) is 0.632. The summed E-state index contributed by atoms with van der Waals surface area (Å²) < 4.78 is 15.2. The van der Waals surface area contributed by atoms with E-state index in [9.17, 15) is 9.18 Å². The molecule has 2 aromatic carbocycles. The number of benzene rings is 2. The Morgan fingerprint density at radius 2 is 1.81 bits per heavy atom. The summed E-state index contributed by atoms with van der Waals surface area (Å²) in [7, 11) is 0. The van der Waals surface area contributed by atoms with E-state index in [0.29, 0.717) is 11.6 Å². The lowest BCUT2D eigenvalue weighted by molar-refractivity contribution is -0.119. The van der Waals surface area contributed by atoms with Gasteiger partial charge in [-0.1, -0.05) is 42.1 Å². The molecule has 140 valence electrons. The largest absolute Gasteiger partial charge is 0.353 e. The van der Waals surface area contributed by atoms with Crippen molar-refractivity contribution in [3.05, 3.63) is 71.8 Å². The van der Waals surface area contributed by atoms with Gasteiger partial charge in [-0.25, -0.2) is 4.39 Å². The molecule has 0 atom stereocenters. The third-order valence-corrected chi connectivity index (χ3v) is 4.70. The van der Waals surface area contributed by atoms with E-state index in [-0.39, 0.29) is 23.5 Å². The molecule has 1 N–H and O–H groups in total. The van der Waals surface area contributed by atoms with Crippen LogP contribution in [-0.4, -0.2) is 32.5 Å². The van der Waals surface area contributed by atoms with Crippen LogP contribution >= 0.6 is 11.8 Å². The van der Waals surface area contributed by atoms with Crippen molar-refractivity contribution in [2.24, 2.45) is 0 Å². The number of carbonyl (C=O) groups excluding carboxylic acids is 1. The van der Waals surface area contributed by atoms with Gasteiger partial charge in [0.15, 0.2) is 5.16 Å². The van der Waals surface area contributed by atoms with E-state index in [1.807, 2.05) is 48.7 Å². The Labute approximate surface area is 162 Å². The highest BCUT2D eigenvalue weighted by atomic mass is 32.2. The number of hydrogen-bond acceptors (Lipinski definition) is 4. The monoisotopic (exact) mass is 384 g/mol. The van der Waals surface area contributed by atoms with Crippen molar-refractivity contribution in [3.8, 4) is 5.69 Å². The van der Waals surface area contributed by atoms with E-state index in [2.05, 4.69) is 15.5 Å². The van der Waals surface area contributed by atoms with Crippen molar-refractivity contribution in [2.75, 3.05) is 5.75 Å². The maximum atomic E-state index is 13.4. The molecule has 3 aromatic rings. The van der Waals surface area contributed by atoms with Crippen molar-refractivity contribution in [1.82, 2.24) is 20.1 Å². The fourth-order valence-electron chi connectivity index (χ4n) is 2.63. The normalized spacial score (nSPS) is 11.0. The minimum absolute atomic E-state index is 0.0618. The number of nitrogens with one attached hydrogen (secondary N) is 1. The number of rotatable bonds is 7. The lowest BCUT2D eigenvalue weighted by Crippen LogP contribution is -2.31. The van der Waals surface area contributed by atoms with Crippen LogP contribution in [-0.2, 0) is 11.2 Å². The predicted molar refractivity (Wildman–Crippen MR) is 105 cm³/mol. The molecule has 0 radical (unpaired) electrons. The molecule has 0 saturated heterocycles. The van der Waals surface area contributed by atoms with E-state index >= 15 is 0 Å². The summed E-state index contributed by atoms with van der Waals surface area (Å²) >= 11 is 1.31. The maximum absolute atomic E-state index is 13.4. The predicted octanol–water partition coefficient (Wildman–Crippen LogP) is 3.61. The van der Waals surface area contributed by atoms with Crippen LogP contribution in [0, 0.1) is 5.82 Å². The van der Waals surface area contributed by atoms with Crippen molar-refractivity contribution in [2.45, 2.75) is 31.5 Å². The first kappa shape index (κ1) is 19.1. The van der Waals surface area contributed by atoms with Gasteiger partial charge in [-0.2, -0.15) is 0 Å². The molecule has 0 aliphatic carbocycles. The lowest BCUT2D eigenvalue weighted by Gasteiger charge is -2.11. The average molecular weight is 384 g/mol. The Kier molecular flexibility index (Phi) is 6.24. The van der Waals surface area contributed by atoms with Gasteiger partial charge in [0.05, 0.1) is 5.75 Å². The SMILES string of the molecule is CC(C)NC(=O)CSc1nnc(Cc2ccccc2)n1-c1ccc(F)cc1. The van der Waals surface area contributed by atoms with Crippen LogP contribution in [0.1, 0.15) is 25.2 Å². The molecule has 0 saturated carbocycles. The van der Waals surface area contributed by atoms with Crippen molar-refractivity contribution in [3.63, 3.8) is 0 Å². The van der Waals surface area contributed by atoms with Crippen molar-refractivity contribution < 1.29 is 9.18 Å². The molecular weight excluding hydrogens is 363 g/mol. The number of amides is 1. The Hall–Kier alpha value is -2.67. The van der Waals surface area contributed by atoms with Crippen LogP contribution in [0.4, 0.5) is 4.39 Å². The summed E-state index contributed by atoms with van der Waals surface area (Å²) in [6.07, 6.45) is 0.587. The molecule has 0 bridgehead atoms. The molecular formula is C20H21FN4OS. The van der Waals surface area contributed by atoms with Crippen LogP contribution in [0.15, 0.2) is 59.8 Å². The molecule has 0 unspecified atom stereocenters. The maximum Gasteiger partial charge on any atom is 0.230 e. The molecule has 1 amide bonds. The van der Waals surface area contributed by atoms with Crippen LogP contribution in [0.2, 0.25) is 0 Å². The first-order chi connectivity index (χ1) is 13.0. The molecule has 0 aliphatic heterocycles. The highest BCUT2D eigenvalue weighted by Crippen LogP contribution is 2.23. The summed E-state index contributed by atoms with van der Waals surface area (Å²) in [5.74, 6) is 0.609. The van der Waals surface area contributed by atoms with Gasteiger partial charge < -0.3 is 5.32 Å². The van der Waals surface area contributed by atoms with Crippen molar-refractivity contribution in [1.29, 1.82) is 0 Å². The standard InChI is InChI=1S/C20H21FN4OS/c1-14(2)22-19(26)13-27-20-24-23-18(12-15-6-4-3-5-7-15)25(20)17-10-8-16(21)9-11-17/h3-11,14H,12-13H2,1-2H3,(H,22,26). The number of carbonyl (C=O) groups is 1. The van der Waals surface area contributed by atoms with Gasteiger partial charge in [-0.15, -0.1) is 10.2 Å². The molecule has 3 rings (SSSR count). The molecule has 0 aliphatic rings. The third kappa shape index (κ3) is 5.17. The minimum atomic E-state index is -0.304. The molecule has 5 nitrogen and oxygen atoms in total. The van der Waals surface area contributed by atoms with E-state index in [1.165, 1.54) is 23.9 Å². The molecule has 0 spiro atoms. The zero-order valence-corrected chi connectivity index (χ0v) is 16.0. The zero-order chi connectivity index (χ0) is 19.2. The zero-order valence-electron chi connectivity index (χ0n) is 15.2. The highest BCUT2D eigenvalue weighted by molar-refractivity contribution is 7.99. The Morgan fingerprint density at radius 1 is 1.11 bits per heavy atom. The second kappa shape index (κ2) is 8.81. The number of hydrogen-bond donors (Lipinski definition) is 1. The van der Waals surface area contributed by atoms with E-state index in [1.54, 1.807) is 12.1 Å². The first-order valence-corrected chi connectivity index (χ1v) is 9.68. The Balaban J connectivity index is 1.88. The Morgan fingerprint density at radius 3 is 2.48 bits per heavy atom. The number of aromatic nitrogens is 3. The van der Waals surface area contributed by atoms with E-state index in [0.717, 1.165) is 17.1 Å². The summed E-state index contributed by atoms with van der Waals surface area (Å²) in [6.45, 7) is 3.84. The number of nitrogens with zero attached hydrogens (tertiary/aromatic N) is 3. The van der Waals surface area contributed by atoms with Gasteiger partial charge in [0, 0.05) is 18.2 Å². The van der Waals surface area contributed by atoms with Crippen LogP contribution in [0.5, 0.6) is 0 Å². The molecule has 1 heterocycles. The molecule has 0 fully saturated rings. The number of halogens is 1. The van der Waals surface area contributed by atoms with E-state index < -0.39 is 0 Å². The van der Waals surface area contributed by atoms with Gasteiger partial charge in [0.1, 0.15) is 11.6 Å². The van der Waals surface area contributed by atoms with Crippen LogP contribution in [0.3, 0.4) is 0 Å². The molecule has 1 aromatic heterocycles. The first-order valence-electron chi connectivity index (χ1n) is 8.69. The van der Waals surface area contributed by atoms with Gasteiger partial charge in [0.25, 0.3) is 0 Å². The van der Waals surface area contributed by atoms with Gasteiger partial charge in [-0.3, -0.25) is 9.36 Å². The smallest absolute Gasteiger partial charge is 0.230 e. The fraction of sp³-hybridized carbons (Fsp3) is 0.250. The van der Waals surface area contributed by atoms with Crippen molar-refractivity contribution >= 4 is 17.7 Å². The second-order valence-corrected chi connectivity index (χ2v) is 7.33. The van der Waals surface area contributed by atoms with Crippen LogP contribution < -0.4 is 5.32 Å². The van der Waals surface area contributed by atoms with E-state index in [4.69, 9.17) is 0 Å². The second-order valence-electron chi connectivity index (χ2n) is 6.38. The summed E-state index contributed by atoms with van der Waals surface area (Å²) in [5, 5.41) is 12.0. The minimum Gasteiger partial charge on any atom is -0.353 e. The average Bonchev–Trinajstić information content (AvgIpc) is 3.03. The van der Waals surface area contributed by atoms with Crippen LogP contribution in [0.25, 0.3) is 5.69 Å². The third-order valence-electron chi connectivity index (χ3n) is 3.77. The summed E-state index contributed by atoms with van der Waals surface area (Å²) in [4.78, 5) is 12.0. The Bertz CT molecular complexity index is 894. The lowest BCUT2D eigenvalue weighted by atomic mass is 10.1. The van der Waals surface area contributed by atoms with Gasteiger partial charge >= 0.3 is 0 Å². The van der Waals surface area contributed by atoms with Gasteiger partial charge in [-0.05, 0) is 43.7 Å². The fourth-order valence-corrected chi connectivity index (χ4v) is 3.41. The van der Waals surface area contributed by atoms with Gasteiger partial charge in [0.2, 0.25) is 5.91 Å². The number of thioether (sulfide) groups is 1. The summed E-state index contributed by atoms with van der Waals surface area (Å²) in [5.41, 5.74) is 1.86. The molecule has 27 heavy (non-hydrogen) atoms. The topological polar surface area (TPSA) is 59.8 Å². The molecule has 7 heteroatoms. The highest BCUT2D eigenvalue weighted by Gasteiger charge is 2.16.